The molecule has 4 heterocycles. The highest BCUT2D eigenvalue weighted by Gasteiger charge is 2.44. The predicted molar refractivity (Wildman–Crippen MR) is 187 cm³/mol. The zero-order valence-electron chi connectivity index (χ0n) is 28.7. The number of nitrogen functional groups attached to an aromatic ring is 1. The summed E-state index contributed by atoms with van der Waals surface area (Å²) in [5, 5.41) is 15.2. The highest BCUT2D eigenvalue weighted by molar-refractivity contribution is 7.88. The average Bonchev–Trinajstić information content (AvgIpc) is 3.60. The van der Waals surface area contributed by atoms with Gasteiger partial charge in [0.25, 0.3) is 0 Å². The third-order valence-corrected chi connectivity index (χ3v) is 11.0. The first-order valence-electron chi connectivity index (χ1n) is 16.2. The number of rotatable bonds is 13. The van der Waals surface area contributed by atoms with Crippen LogP contribution in [0.25, 0.3) is 11.2 Å². The van der Waals surface area contributed by atoms with Gasteiger partial charge in [0.2, 0.25) is 16.0 Å². The van der Waals surface area contributed by atoms with E-state index in [-0.39, 0.29) is 42.8 Å². The van der Waals surface area contributed by atoms with E-state index in [0.717, 1.165) is 22.9 Å². The van der Waals surface area contributed by atoms with Gasteiger partial charge in [0, 0.05) is 13.0 Å². The molecule has 2 aromatic heterocycles. The molecule has 17 nitrogen and oxygen atoms in total. The van der Waals surface area contributed by atoms with Crippen LogP contribution in [0.15, 0.2) is 48.8 Å². The molecule has 4 unspecified atom stereocenters. The molecule has 6 rings (SSSR count). The number of anilines is 2. The third-order valence-electron chi connectivity index (χ3n) is 8.85. The Kier molecular flexibility index (Phi) is 10.4. The molecule has 0 amide bonds. The number of hydrogen-bond acceptors (Lipinski definition) is 14. The van der Waals surface area contributed by atoms with Crippen molar-refractivity contribution in [3.05, 3.63) is 71.0 Å². The number of carbonyl (C=O) groups excluding carboxylic acids is 1. The van der Waals surface area contributed by atoms with Gasteiger partial charge in [-0.2, -0.15) is 15.1 Å². The van der Waals surface area contributed by atoms with E-state index in [1.807, 2.05) is 26.0 Å². The highest BCUT2D eigenvalue weighted by Crippen LogP contribution is 2.49. The second-order valence-electron chi connectivity index (χ2n) is 12.7. The largest absolute Gasteiger partial charge is 0.459 e. The standard InChI is InChI=1S/C32H41N8O9PS/c1-6-20-8-7-9-22-23(20)15-46-31(42)26(22)37-50(43,49-21-12-10-18(2)11-13-21)47-16-25-28(41)19(3)24(48-25)14-40-17-34-27-29(35-32(33)36-30(27)40)39(4)38-51(5,44)45/h7-13,17,19,24-26,28,38,41H,6,14-16H2,1-5H3,(H,37,43)(H2,33,35,36)/t19-,24?,25?,26?,28+,50?/m1/s1. The van der Waals surface area contributed by atoms with Gasteiger partial charge in [0.05, 0.1) is 37.9 Å². The van der Waals surface area contributed by atoms with E-state index >= 15 is 0 Å². The van der Waals surface area contributed by atoms with Gasteiger partial charge in [-0.25, -0.2) is 22.8 Å². The number of carbonyl (C=O) groups is 1. The number of hydrogen-bond donors (Lipinski definition) is 4. The summed E-state index contributed by atoms with van der Waals surface area (Å²) >= 11 is 0. The molecule has 0 bridgehead atoms. The molecule has 5 N–H and O–H groups in total. The summed E-state index contributed by atoms with van der Waals surface area (Å²) < 4.78 is 63.4. The van der Waals surface area contributed by atoms with Crippen LogP contribution in [0.1, 0.15) is 42.1 Å². The second-order valence-corrected chi connectivity index (χ2v) is 16.1. The fourth-order valence-electron chi connectivity index (χ4n) is 6.20. The Balaban J connectivity index is 1.21. The number of sulfonamides is 1. The average molecular weight is 745 g/mol. The number of nitrogens with zero attached hydrogens (tertiary/aromatic N) is 5. The van der Waals surface area contributed by atoms with Gasteiger partial charge in [-0.15, -0.1) is 4.83 Å². The van der Waals surface area contributed by atoms with Crippen LogP contribution in [-0.4, -0.2) is 77.2 Å². The number of imidazole rings is 1. The van der Waals surface area contributed by atoms with Gasteiger partial charge in [0.15, 0.2) is 17.0 Å². The quantitative estimate of drug-likeness (QED) is 0.0878. The molecule has 0 spiro atoms. The van der Waals surface area contributed by atoms with Crippen molar-refractivity contribution in [3.63, 3.8) is 0 Å². The van der Waals surface area contributed by atoms with Crippen LogP contribution in [0, 0.1) is 12.8 Å². The Bertz CT molecular complexity index is 2080. The van der Waals surface area contributed by atoms with Gasteiger partial charge in [-0.3, -0.25) is 9.53 Å². The zero-order chi connectivity index (χ0) is 36.7. The number of aromatic nitrogens is 4. The molecule has 4 aromatic rings. The first-order chi connectivity index (χ1) is 24.1. The summed E-state index contributed by atoms with van der Waals surface area (Å²) in [7, 11) is -6.49. The van der Waals surface area contributed by atoms with Crippen LogP contribution in [0.5, 0.6) is 5.75 Å². The minimum Gasteiger partial charge on any atom is -0.459 e. The van der Waals surface area contributed by atoms with E-state index in [1.165, 1.54) is 18.4 Å². The van der Waals surface area contributed by atoms with Crippen molar-refractivity contribution in [1.82, 2.24) is 29.4 Å². The molecule has 274 valence electrons. The number of aliphatic hydroxyl groups is 1. The molecule has 0 saturated carbocycles. The molecule has 1 saturated heterocycles. The van der Waals surface area contributed by atoms with Crippen LogP contribution in [-0.2, 0) is 53.0 Å². The lowest BCUT2D eigenvalue weighted by Crippen LogP contribution is -2.39. The Morgan fingerprint density at radius 3 is 2.63 bits per heavy atom. The lowest BCUT2D eigenvalue weighted by Gasteiger charge is -2.30. The second kappa shape index (κ2) is 14.5. The summed E-state index contributed by atoms with van der Waals surface area (Å²) in [4.78, 5) is 28.2. The monoisotopic (exact) mass is 744 g/mol. The Labute approximate surface area is 295 Å². The fraction of sp³-hybridized carbons (Fsp3) is 0.438. The zero-order valence-corrected chi connectivity index (χ0v) is 30.4. The number of benzene rings is 2. The number of fused-ring (bicyclic) bond motifs is 2. The maximum atomic E-state index is 14.5. The van der Waals surface area contributed by atoms with E-state index in [9.17, 15) is 22.9 Å². The fourth-order valence-corrected chi connectivity index (χ4v) is 8.27. The molecule has 2 aromatic carbocycles. The van der Waals surface area contributed by atoms with Crippen molar-refractivity contribution >= 4 is 46.7 Å². The molecule has 51 heavy (non-hydrogen) atoms. The number of ether oxygens (including phenoxy) is 2. The summed E-state index contributed by atoms with van der Waals surface area (Å²) in [6.45, 7) is 5.61. The SMILES string of the molecule is CCc1cccc2c1COC(=O)C2NP(=O)(OCC1OC(Cn2cnc3c(N(C)NS(C)(=O)=O)nc(N)nc32)[C@@H](C)[C@@H]1O)Oc1ccc(C)cc1. The van der Waals surface area contributed by atoms with E-state index in [2.05, 4.69) is 24.9 Å². The van der Waals surface area contributed by atoms with Crippen LogP contribution in [0.4, 0.5) is 11.8 Å². The molecule has 6 atom stereocenters. The molecule has 2 aliphatic heterocycles. The molecule has 0 radical (unpaired) electrons. The minimum absolute atomic E-state index is 0.0993. The molecule has 1 fully saturated rings. The van der Waals surface area contributed by atoms with Crippen LogP contribution in [0.3, 0.4) is 0 Å². The Morgan fingerprint density at radius 1 is 1.18 bits per heavy atom. The number of nitrogens with one attached hydrogen (secondary N) is 2. The number of nitrogens with two attached hydrogens (primary N) is 1. The lowest BCUT2D eigenvalue weighted by atomic mass is 9.93. The first-order valence-corrected chi connectivity index (χ1v) is 19.7. The van der Waals surface area contributed by atoms with Gasteiger partial charge in [0.1, 0.15) is 24.5 Å². The highest BCUT2D eigenvalue weighted by atomic mass is 32.2. The molecule has 19 heteroatoms. The van der Waals surface area contributed by atoms with Crippen molar-refractivity contribution in [2.45, 2.75) is 64.7 Å². The van der Waals surface area contributed by atoms with Crippen LogP contribution < -0.4 is 25.2 Å². The smallest absolute Gasteiger partial charge is 0.459 e. The van der Waals surface area contributed by atoms with Crippen molar-refractivity contribution < 1.29 is 41.4 Å². The topological polar surface area (TPSA) is 222 Å². The number of cyclic esters (lactones) is 1. The van der Waals surface area contributed by atoms with Gasteiger partial charge >= 0.3 is 13.7 Å². The van der Waals surface area contributed by atoms with Crippen LogP contribution in [0.2, 0.25) is 0 Å². The minimum atomic E-state index is -4.33. The molecule has 0 aliphatic carbocycles. The van der Waals surface area contributed by atoms with E-state index in [4.69, 9.17) is 24.3 Å². The summed E-state index contributed by atoms with van der Waals surface area (Å²) in [5.41, 5.74) is 9.96. The molecular weight excluding hydrogens is 703 g/mol. The lowest BCUT2D eigenvalue weighted by molar-refractivity contribution is -0.149. The van der Waals surface area contributed by atoms with Crippen molar-refractivity contribution in [3.8, 4) is 5.75 Å². The van der Waals surface area contributed by atoms with E-state index in [1.54, 1.807) is 41.8 Å². The Hall–Kier alpha value is -4.16. The normalized spacial score (nSPS) is 23.1. The number of hydrazine groups is 1. The van der Waals surface area contributed by atoms with Gasteiger partial charge in [-0.05, 0) is 42.2 Å². The maximum absolute atomic E-state index is 14.5. The van der Waals surface area contributed by atoms with Crippen molar-refractivity contribution in [1.29, 1.82) is 0 Å². The van der Waals surface area contributed by atoms with Gasteiger partial charge < -0.3 is 29.4 Å². The number of aliphatic hydroxyl groups excluding tert-OH is 1. The van der Waals surface area contributed by atoms with E-state index in [0.29, 0.717) is 17.6 Å². The van der Waals surface area contributed by atoms with Crippen molar-refractivity contribution in [2.24, 2.45) is 5.92 Å². The molecule has 2 aliphatic rings. The summed E-state index contributed by atoms with van der Waals surface area (Å²) in [5.74, 6) is -0.785. The Morgan fingerprint density at radius 2 is 1.92 bits per heavy atom. The van der Waals surface area contributed by atoms with E-state index < -0.39 is 54.0 Å². The summed E-state index contributed by atoms with van der Waals surface area (Å²) in [6.07, 6.45) is 0.644. The first kappa shape index (κ1) is 36.6. The van der Waals surface area contributed by atoms with Gasteiger partial charge in [-0.1, -0.05) is 49.7 Å². The van der Waals surface area contributed by atoms with Crippen LogP contribution >= 0.6 is 7.75 Å². The number of esters is 1. The van der Waals surface area contributed by atoms with Crippen molar-refractivity contribution in [2.75, 3.05) is 30.7 Å². The third kappa shape index (κ3) is 8.02. The summed E-state index contributed by atoms with van der Waals surface area (Å²) in [6, 6.07) is 11.3. The maximum Gasteiger partial charge on any atom is 0.459 e. The molecular formula is C32H41N8O9PS. The number of aryl methyl sites for hydroxylation is 2. The predicted octanol–water partition coefficient (Wildman–Crippen LogP) is 2.54.